The normalized spacial score (nSPS) is 22.7. The van der Waals surface area contributed by atoms with Crippen molar-refractivity contribution < 1.29 is 21.0 Å². The Labute approximate surface area is 90.3 Å². The second kappa shape index (κ2) is 4.77. The quantitative estimate of drug-likeness (QED) is 0.582. The third kappa shape index (κ3) is 4.45. The lowest BCUT2D eigenvalue weighted by Crippen LogP contribution is -2.42. The largest absolute Gasteiger partial charge is 0.300 e. The number of hydrogen-bond donors (Lipinski definition) is 0. The zero-order valence-electron chi connectivity index (χ0n) is 8.55. The maximum atomic E-state index is 11.1. The first kappa shape index (κ1) is 12.9. The van der Waals surface area contributed by atoms with Gasteiger partial charge < -0.3 is 4.90 Å². The molecule has 8 heteroatoms. The smallest absolute Gasteiger partial charge is 0.268 e. The van der Waals surface area contributed by atoms with Gasteiger partial charge in [-0.1, -0.05) is 0 Å². The lowest BCUT2D eigenvalue weighted by Gasteiger charge is -2.25. The fourth-order valence-electron chi connectivity index (χ4n) is 1.30. The second-order valence-corrected chi connectivity index (χ2v) is 7.58. The molecule has 1 fully saturated rings. The van der Waals surface area contributed by atoms with Crippen molar-refractivity contribution in [2.24, 2.45) is 0 Å². The van der Waals surface area contributed by atoms with Gasteiger partial charge in [0.05, 0.1) is 24.4 Å². The Morgan fingerprint density at radius 1 is 1.27 bits per heavy atom. The molecule has 1 aliphatic rings. The SMILES string of the molecule is COS(=O)(=O)CCN1CCS(=O)(=O)CC1. The Morgan fingerprint density at radius 3 is 2.27 bits per heavy atom. The molecule has 0 aliphatic carbocycles. The van der Waals surface area contributed by atoms with Crippen LogP contribution in [0, 0.1) is 0 Å². The molecule has 0 aromatic heterocycles. The lowest BCUT2D eigenvalue weighted by molar-refractivity contribution is 0.306. The van der Waals surface area contributed by atoms with Gasteiger partial charge >= 0.3 is 0 Å². The predicted octanol–water partition coefficient (Wildman–Crippen LogP) is -1.31. The van der Waals surface area contributed by atoms with Crippen molar-refractivity contribution in [3.63, 3.8) is 0 Å². The van der Waals surface area contributed by atoms with Crippen LogP contribution in [0.2, 0.25) is 0 Å². The monoisotopic (exact) mass is 257 g/mol. The maximum absolute atomic E-state index is 11.1. The summed E-state index contributed by atoms with van der Waals surface area (Å²) in [6, 6.07) is 0. The molecule has 0 aromatic carbocycles. The number of rotatable bonds is 4. The molecule has 0 bridgehead atoms. The van der Waals surface area contributed by atoms with Crippen molar-refractivity contribution in [3.8, 4) is 0 Å². The van der Waals surface area contributed by atoms with Crippen LogP contribution in [-0.4, -0.2) is 65.7 Å². The molecule has 6 nitrogen and oxygen atoms in total. The van der Waals surface area contributed by atoms with Gasteiger partial charge in [0.25, 0.3) is 10.1 Å². The molecule has 0 spiro atoms. The van der Waals surface area contributed by atoms with Crippen molar-refractivity contribution in [1.82, 2.24) is 4.90 Å². The molecule has 0 unspecified atom stereocenters. The van der Waals surface area contributed by atoms with Gasteiger partial charge in [0.1, 0.15) is 0 Å². The predicted molar refractivity (Wildman–Crippen MR) is 55.9 cm³/mol. The second-order valence-electron chi connectivity index (χ2n) is 3.42. The first-order valence-electron chi connectivity index (χ1n) is 4.56. The van der Waals surface area contributed by atoms with Crippen LogP contribution >= 0.6 is 0 Å². The summed E-state index contributed by atoms with van der Waals surface area (Å²) in [5.41, 5.74) is 0. The third-order valence-electron chi connectivity index (χ3n) is 2.35. The number of nitrogens with zero attached hydrogens (tertiary/aromatic N) is 1. The van der Waals surface area contributed by atoms with Gasteiger partial charge in [-0.15, -0.1) is 0 Å². The molecular weight excluding hydrogens is 242 g/mol. The minimum atomic E-state index is -3.44. The molecule has 90 valence electrons. The highest BCUT2D eigenvalue weighted by atomic mass is 32.2. The standard InChI is InChI=1S/C7H15NO5S2/c1-13-15(11,12)7-4-8-2-5-14(9,10)6-3-8/h2-7H2,1H3. The van der Waals surface area contributed by atoms with Crippen molar-refractivity contribution in [3.05, 3.63) is 0 Å². The lowest BCUT2D eigenvalue weighted by atomic mass is 10.5. The summed E-state index contributed by atoms with van der Waals surface area (Å²) >= 11 is 0. The van der Waals surface area contributed by atoms with Gasteiger partial charge in [-0.25, -0.2) is 8.42 Å². The van der Waals surface area contributed by atoms with E-state index in [0.29, 0.717) is 19.6 Å². The van der Waals surface area contributed by atoms with Gasteiger partial charge in [-0.2, -0.15) is 8.42 Å². The highest BCUT2D eigenvalue weighted by molar-refractivity contribution is 7.91. The van der Waals surface area contributed by atoms with Crippen LogP contribution in [0.15, 0.2) is 0 Å². The average Bonchev–Trinajstić information content (AvgIpc) is 2.16. The van der Waals surface area contributed by atoms with Crippen molar-refractivity contribution in [2.75, 3.05) is 44.0 Å². The van der Waals surface area contributed by atoms with E-state index in [1.165, 1.54) is 0 Å². The van der Waals surface area contributed by atoms with Crippen LogP contribution in [0.25, 0.3) is 0 Å². The zero-order valence-corrected chi connectivity index (χ0v) is 10.2. The fraction of sp³-hybridized carbons (Fsp3) is 1.00. The van der Waals surface area contributed by atoms with E-state index in [-0.39, 0.29) is 17.3 Å². The van der Waals surface area contributed by atoms with Crippen LogP contribution in [0.1, 0.15) is 0 Å². The summed E-state index contributed by atoms with van der Waals surface area (Å²) in [5.74, 6) is 0.129. The third-order valence-corrected chi connectivity index (χ3v) is 5.15. The molecule has 0 radical (unpaired) electrons. The molecule has 0 N–H and O–H groups in total. The summed E-state index contributed by atoms with van der Waals surface area (Å²) in [7, 11) is -5.22. The first-order chi connectivity index (χ1) is 6.85. The Morgan fingerprint density at radius 2 is 1.80 bits per heavy atom. The minimum absolute atomic E-state index is 0.0937. The summed E-state index contributed by atoms with van der Waals surface area (Å²) in [6.07, 6.45) is 0. The van der Waals surface area contributed by atoms with E-state index >= 15 is 0 Å². The first-order valence-corrected chi connectivity index (χ1v) is 7.96. The number of hydrogen-bond acceptors (Lipinski definition) is 6. The molecule has 0 aromatic rings. The van der Waals surface area contributed by atoms with Crippen LogP contribution in [-0.2, 0) is 24.1 Å². The summed E-state index contributed by atoms with van der Waals surface area (Å²) in [5, 5.41) is 0. The van der Waals surface area contributed by atoms with Crippen LogP contribution in [0.3, 0.4) is 0 Å². The van der Waals surface area contributed by atoms with Crippen molar-refractivity contribution in [1.29, 1.82) is 0 Å². The van der Waals surface area contributed by atoms with Crippen LogP contribution in [0.4, 0.5) is 0 Å². The van der Waals surface area contributed by atoms with Crippen molar-refractivity contribution >= 4 is 20.0 Å². The highest BCUT2D eigenvalue weighted by Gasteiger charge is 2.22. The highest BCUT2D eigenvalue weighted by Crippen LogP contribution is 2.04. The molecule has 1 rings (SSSR count). The topological polar surface area (TPSA) is 80.8 Å². The van der Waals surface area contributed by atoms with Gasteiger partial charge in [0, 0.05) is 19.6 Å². The Balaban J connectivity index is 2.37. The van der Waals surface area contributed by atoms with Gasteiger partial charge in [-0.05, 0) is 0 Å². The maximum Gasteiger partial charge on any atom is 0.268 e. The zero-order chi connectivity index (χ0) is 11.5. The van der Waals surface area contributed by atoms with Crippen LogP contribution in [0.5, 0.6) is 0 Å². The molecule has 1 saturated heterocycles. The van der Waals surface area contributed by atoms with Crippen LogP contribution < -0.4 is 0 Å². The molecule has 15 heavy (non-hydrogen) atoms. The van der Waals surface area contributed by atoms with E-state index in [1.807, 2.05) is 4.90 Å². The fourth-order valence-corrected chi connectivity index (χ4v) is 3.22. The molecule has 1 aliphatic heterocycles. The molecule has 0 saturated carbocycles. The van der Waals surface area contributed by atoms with Gasteiger partial charge in [-0.3, -0.25) is 4.18 Å². The average molecular weight is 257 g/mol. The van der Waals surface area contributed by atoms with E-state index in [2.05, 4.69) is 4.18 Å². The van der Waals surface area contributed by atoms with E-state index in [9.17, 15) is 16.8 Å². The van der Waals surface area contributed by atoms with Gasteiger partial charge in [0.2, 0.25) is 0 Å². The summed E-state index contributed by atoms with van der Waals surface area (Å²) in [6.45, 7) is 1.13. The van der Waals surface area contributed by atoms with E-state index < -0.39 is 20.0 Å². The van der Waals surface area contributed by atoms with E-state index in [4.69, 9.17) is 0 Å². The van der Waals surface area contributed by atoms with E-state index in [1.54, 1.807) is 0 Å². The molecule has 0 atom stereocenters. The van der Waals surface area contributed by atoms with E-state index in [0.717, 1.165) is 7.11 Å². The minimum Gasteiger partial charge on any atom is -0.300 e. The Hall–Kier alpha value is -0.180. The molecular formula is C7H15NO5S2. The van der Waals surface area contributed by atoms with Gasteiger partial charge in [0.15, 0.2) is 9.84 Å². The van der Waals surface area contributed by atoms with Crippen molar-refractivity contribution in [2.45, 2.75) is 0 Å². The number of sulfone groups is 1. The Kier molecular flexibility index (Phi) is 4.10. The molecule has 0 amide bonds. The Bertz CT molecular complexity index is 385. The molecule has 1 heterocycles. The summed E-state index contributed by atoms with van der Waals surface area (Å²) in [4.78, 5) is 1.82. The summed E-state index contributed by atoms with van der Waals surface area (Å²) < 4.78 is 48.5.